The van der Waals surface area contributed by atoms with Crippen molar-refractivity contribution < 1.29 is 63.0 Å². The molecule has 0 aliphatic heterocycles. The van der Waals surface area contributed by atoms with Crippen molar-refractivity contribution in [1.82, 2.24) is 42.5 Å². The first-order valence-electron chi connectivity index (χ1n) is 24.0. The number of aliphatic hydroxyl groups is 1. The van der Waals surface area contributed by atoms with Crippen LogP contribution in [0.1, 0.15) is 106 Å². The van der Waals surface area contributed by atoms with E-state index in [1.807, 2.05) is 44.2 Å². The highest BCUT2D eigenvalue weighted by atomic mass is 16.4. The van der Waals surface area contributed by atoms with Gasteiger partial charge in [0.15, 0.2) is 0 Å². The van der Waals surface area contributed by atoms with E-state index in [2.05, 4.69) is 42.5 Å². The maximum Gasteiger partial charge on any atom is 0.326 e. The van der Waals surface area contributed by atoms with Crippen molar-refractivity contribution in [3.63, 3.8) is 0 Å². The summed E-state index contributed by atoms with van der Waals surface area (Å²) in [6.07, 6.45) is -2.19. The van der Waals surface area contributed by atoms with Gasteiger partial charge in [-0.3, -0.25) is 47.9 Å². The maximum atomic E-state index is 14.0. The summed E-state index contributed by atoms with van der Waals surface area (Å²) in [7, 11) is 0. The Morgan fingerprint density at radius 2 is 0.931 bits per heavy atom. The average molecular weight is 1020 g/mol. The predicted octanol–water partition coefficient (Wildman–Crippen LogP) is -3.45. The zero-order valence-electron chi connectivity index (χ0n) is 42.5. The Kier molecular flexibility index (Phi) is 27.8. The number of amides is 10. The molecule has 0 heterocycles. The molecule has 10 atom stereocenters. The molecule has 0 fully saturated rings. The van der Waals surface area contributed by atoms with E-state index < -0.39 is 144 Å². The summed E-state index contributed by atoms with van der Waals surface area (Å²) in [4.78, 5) is 144. The van der Waals surface area contributed by atoms with Gasteiger partial charge in [-0.25, -0.2) is 4.79 Å². The summed E-state index contributed by atoms with van der Waals surface area (Å²) in [6, 6.07) is -3.85. The first kappa shape index (κ1) is 63.3. The molecule has 0 spiro atoms. The Balaban J connectivity index is 3.33. The van der Waals surface area contributed by atoms with Gasteiger partial charge in [0.05, 0.1) is 25.0 Å². The first-order chi connectivity index (χ1) is 33.6. The molecule has 0 unspecified atom stereocenters. The molecule has 10 amide bonds. The Morgan fingerprint density at radius 1 is 0.514 bits per heavy atom. The number of carboxylic acid groups (broad SMARTS) is 1. The molecule has 0 aliphatic rings. The molecular formula is C47H78N12O13. The van der Waals surface area contributed by atoms with Gasteiger partial charge in [0.1, 0.15) is 48.3 Å². The minimum Gasteiger partial charge on any atom is -0.480 e. The van der Waals surface area contributed by atoms with E-state index in [-0.39, 0.29) is 44.1 Å². The van der Waals surface area contributed by atoms with E-state index in [0.717, 1.165) is 12.5 Å². The molecule has 1 aromatic rings. The van der Waals surface area contributed by atoms with Gasteiger partial charge in [0.2, 0.25) is 59.1 Å². The van der Waals surface area contributed by atoms with Crippen LogP contribution in [-0.2, 0) is 59.2 Å². The second kappa shape index (κ2) is 31.6. The lowest BCUT2D eigenvalue weighted by Crippen LogP contribution is -2.62. The van der Waals surface area contributed by atoms with Crippen LogP contribution in [-0.4, -0.2) is 142 Å². The molecule has 0 saturated heterocycles. The van der Waals surface area contributed by atoms with Crippen molar-refractivity contribution >= 4 is 65.0 Å². The number of aliphatic hydroxyl groups excluding tert-OH is 1. The SMILES string of the molecule is CC(C)C[C@H](NC(=O)[C@H](CCCCN)NC(=O)[C@H](C)NC(=O)[C@H](CC(C)C)NC(=O)[C@@H](N)Cc1ccccc1)C(=O)N[C@@H](CC(N)=O)C(=O)N[C@@H](CC(N)=O)C(=O)N[C@H](C(=O)N[C@H](C(=O)O)C(C)C)[C@@H](C)O. The minimum absolute atomic E-state index is 0.0300. The number of carboxylic acids is 1. The average Bonchev–Trinajstić information content (AvgIpc) is 3.27. The topological polar surface area (TPSA) is 429 Å². The van der Waals surface area contributed by atoms with Crippen LogP contribution in [0, 0.1) is 17.8 Å². The smallest absolute Gasteiger partial charge is 0.326 e. The van der Waals surface area contributed by atoms with Gasteiger partial charge in [-0.05, 0) is 82.2 Å². The molecule has 0 aliphatic carbocycles. The second-order valence-corrected chi connectivity index (χ2v) is 19.0. The van der Waals surface area contributed by atoms with E-state index in [0.29, 0.717) is 12.8 Å². The third-order valence-corrected chi connectivity index (χ3v) is 11.0. The summed E-state index contributed by atoms with van der Waals surface area (Å²) in [5.74, 6) is -12.1. The predicted molar refractivity (Wildman–Crippen MR) is 263 cm³/mol. The Hall–Kier alpha value is -6.73. The third-order valence-electron chi connectivity index (χ3n) is 11.0. The number of nitrogens with two attached hydrogens (primary N) is 4. The van der Waals surface area contributed by atoms with E-state index >= 15 is 0 Å². The van der Waals surface area contributed by atoms with Gasteiger partial charge in [0, 0.05) is 0 Å². The molecule has 18 N–H and O–H groups in total. The molecule has 404 valence electrons. The summed E-state index contributed by atoms with van der Waals surface area (Å²) in [5.41, 5.74) is 23.4. The van der Waals surface area contributed by atoms with Gasteiger partial charge >= 0.3 is 5.97 Å². The summed E-state index contributed by atoms with van der Waals surface area (Å²) < 4.78 is 0. The van der Waals surface area contributed by atoms with Crippen LogP contribution in [0.25, 0.3) is 0 Å². The number of rotatable bonds is 33. The number of nitrogens with one attached hydrogen (secondary N) is 8. The molecule has 25 heteroatoms. The molecule has 1 aromatic carbocycles. The lowest BCUT2D eigenvalue weighted by Gasteiger charge is -2.28. The second-order valence-electron chi connectivity index (χ2n) is 19.0. The van der Waals surface area contributed by atoms with Gasteiger partial charge in [-0.2, -0.15) is 0 Å². The van der Waals surface area contributed by atoms with Gasteiger partial charge in [-0.1, -0.05) is 71.9 Å². The van der Waals surface area contributed by atoms with Gasteiger partial charge < -0.3 is 75.7 Å². The van der Waals surface area contributed by atoms with Crippen molar-refractivity contribution in [2.75, 3.05) is 6.54 Å². The number of carbonyl (C=O) groups is 11. The first-order valence-corrected chi connectivity index (χ1v) is 24.0. The molecular weight excluding hydrogens is 941 g/mol. The number of hydrogen-bond acceptors (Lipinski definition) is 14. The van der Waals surface area contributed by atoms with Crippen molar-refractivity contribution in [2.45, 2.75) is 167 Å². The molecule has 25 nitrogen and oxygen atoms in total. The number of unbranched alkanes of at least 4 members (excludes halogenated alkanes) is 1. The molecule has 0 saturated carbocycles. The molecule has 1 rings (SSSR count). The maximum absolute atomic E-state index is 14.0. The lowest BCUT2D eigenvalue weighted by molar-refractivity contribution is -0.144. The van der Waals surface area contributed by atoms with Crippen LogP contribution >= 0.6 is 0 Å². The standard InChI is InChI=1S/C47H78N12O13/c1-23(2)18-31(54-40(64)29(49)20-28-14-10-9-11-15-28)42(66)52-26(7)39(63)53-30(16-12-13-17-48)41(65)55-32(19-24(3)4)43(67)56-33(21-35(50)61)44(68)57-34(22-36(51)62)45(69)59-38(27(8)60)46(70)58-37(25(5)6)47(71)72/h9-11,14-15,23-27,29-34,37-38,60H,12-13,16-22,48-49H2,1-8H3,(H2,50,61)(H2,51,62)(H,52,66)(H,53,63)(H,54,64)(H,55,65)(H,56,67)(H,57,68)(H,58,70)(H,59,69)(H,71,72)/t26-,27+,29-,30-,31-,32-,33-,34-,37-,38-/m0/s1. The van der Waals surface area contributed by atoms with Crippen LogP contribution in [0.3, 0.4) is 0 Å². The van der Waals surface area contributed by atoms with Crippen LogP contribution in [0.4, 0.5) is 0 Å². The number of benzene rings is 1. The minimum atomic E-state index is -1.88. The normalized spacial score (nSPS) is 15.4. The van der Waals surface area contributed by atoms with Crippen molar-refractivity contribution in [3.8, 4) is 0 Å². The molecule has 0 aromatic heterocycles. The van der Waals surface area contributed by atoms with Crippen molar-refractivity contribution in [2.24, 2.45) is 40.7 Å². The monoisotopic (exact) mass is 1020 g/mol. The zero-order valence-corrected chi connectivity index (χ0v) is 42.5. The fourth-order valence-corrected chi connectivity index (χ4v) is 7.14. The van der Waals surface area contributed by atoms with Crippen LogP contribution in [0.2, 0.25) is 0 Å². The van der Waals surface area contributed by atoms with E-state index in [9.17, 15) is 63.0 Å². The molecule has 0 bridgehead atoms. The summed E-state index contributed by atoms with van der Waals surface area (Å²) in [5, 5.41) is 39.2. The lowest BCUT2D eigenvalue weighted by atomic mass is 10.0. The summed E-state index contributed by atoms with van der Waals surface area (Å²) in [6.45, 7) is 12.9. The zero-order chi connectivity index (χ0) is 55.0. The fraction of sp³-hybridized carbons (Fsp3) is 0.638. The van der Waals surface area contributed by atoms with E-state index in [1.165, 1.54) is 20.8 Å². The largest absolute Gasteiger partial charge is 0.480 e. The Bertz CT molecular complexity index is 2020. The molecule has 72 heavy (non-hydrogen) atoms. The Morgan fingerprint density at radius 3 is 1.38 bits per heavy atom. The quantitative estimate of drug-likeness (QED) is 0.0305. The van der Waals surface area contributed by atoms with Crippen LogP contribution < -0.4 is 65.5 Å². The summed E-state index contributed by atoms with van der Waals surface area (Å²) >= 11 is 0. The van der Waals surface area contributed by atoms with Crippen molar-refractivity contribution in [3.05, 3.63) is 35.9 Å². The van der Waals surface area contributed by atoms with E-state index in [1.54, 1.807) is 13.8 Å². The van der Waals surface area contributed by atoms with Crippen LogP contribution in [0.5, 0.6) is 0 Å². The molecule has 0 radical (unpaired) electrons. The van der Waals surface area contributed by atoms with Gasteiger partial charge in [0.25, 0.3) is 0 Å². The van der Waals surface area contributed by atoms with Crippen molar-refractivity contribution in [1.29, 1.82) is 0 Å². The number of hydrogen-bond donors (Lipinski definition) is 14. The highest BCUT2D eigenvalue weighted by Gasteiger charge is 2.37. The highest BCUT2D eigenvalue weighted by Crippen LogP contribution is 2.12. The van der Waals surface area contributed by atoms with E-state index in [4.69, 9.17) is 22.9 Å². The number of carbonyl (C=O) groups excluding carboxylic acids is 10. The van der Waals surface area contributed by atoms with Crippen LogP contribution in [0.15, 0.2) is 30.3 Å². The highest BCUT2D eigenvalue weighted by molar-refractivity contribution is 6.00. The third kappa shape index (κ3) is 23.5. The fourth-order valence-electron chi connectivity index (χ4n) is 7.14. The number of aliphatic carboxylic acids is 1. The number of primary amides is 2. The van der Waals surface area contributed by atoms with Gasteiger partial charge in [-0.15, -0.1) is 0 Å². The Labute approximate surface area is 420 Å².